The second-order valence-electron chi connectivity index (χ2n) is 5.48. The van der Waals surface area contributed by atoms with E-state index in [2.05, 4.69) is 5.32 Å². The Hall–Kier alpha value is -2.28. The van der Waals surface area contributed by atoms with Gasteiger partial charge in [0.25, 0.3) is 5.69 Å². The molecule has 0 heterocycles. The highest BCUT2D eigenvalue weighted by Crippen LogP contribution is 2.11. The molecule has 0 saturated carbocycles. The number of nitrogens with zero attached hydrogens (tertiary/aromatic N) is 1. The largest absolute Gasteiger partial charge is 0.390 e. The van der Waals surface area contributed by atoms with Crippen LogP contribution in [0.25, 0.3) is 0 Å². The molecule has 6 heteroatoms. The lowest BCUT2D eigenvalue weighted by Gasteiger charge is -2.19. The number of hydrogen-bond donors (Lipinski definition) is 3. The zero-order chi connectivity index (χ0) is 16.7. The predicted octanol–water partition coefficient (Wildman–Crippen LogP) is 1.62. The standard InChI is InChI=1S/C17H21N3O3/c18-16(10-13-4-2-1-3-5-13)17(21)12-19-11-14-6-8-15(9-7-14)20(22)23/h1-9,16-17,19,21H,10-12,18H2/t16-,17+/m0/s1. The van der Waals surface area contributed by atoms with Crippen LogP contribution in [-0.2, 0) is 13.0 Å². The molecule has 4 N–H and O–H groups in total. The Labute approximate surface area is 135 Å². The average Bonchev–Trinajstić information content (AvgIpc) is 2.56. The fourth-order valence-electron chi connectivity index (χ4n) is 2.27. The van der Waals surface area contributed by atoms with E-state index in [1.165, 1.54) is 12.1 Å². The maximum absolute atomic E-state index is 10.6. The fourth-order valence-corrected chi connectivity index (χ4v) is 2.27. The van der Waals surface area contributed by atoms with Crippen molar-refractivity contribution < 1.29 is 10.0 Å². The predicted molar refractivity (Wildman–Crippen MR) is 88.9 cm³/mol. The molecule has 2 rings (SSSR count). The second kappa shape index (κ2) is 8.38. The molecule has 0 fully saturated rings. The summed E-state index contributed by atoms with van der Waals surface area (Å²) in [4.78, 5) is 10.2. The summed E-state index contributed by atoms with van der Waals surface area (Å²) in [6.07, 6.45) is -0.0467. The number of nitro benzene ring substituents is 1. The summed E-state index contributed by atoms with van der Waals surface area (Å²) >= 11 is 0. The zero-order valence-electron chi connectivity index (χ0n) is 12.8. The number of aliphatic hydroxyl groups excluding tert-OH is 1. The molecule has 0 bridgehead atoms. The van der Waals surface area contributed by atoms with Crippen LogP contribution in [0.5, 0.6) is 0 Å². The first-order chi connectivity index (χ1) is 11.1. The second-order valence-corrected chi connectivity index (χ2v) is 5.48. The molecule has 0 amide bonds. The van der Waals surface area contributed by atoms with Gasteiger partial charge in [0.1, 0.15) is 0 Å². The molecule has 122 valence electrons. The summed E-state index contributed by atoms with van der Waals surface area (Å²) in [5.74, 6) is 0. The minimum Gasteiger partial charge on any atom is -0.390 e. The molecular formula is C17H21N3O3. The van der Waals surface area contributed by atoms with Crippen molar-refractivity contribution in [1.82, 2.24) is 5.32 Å². The SMILES string of the molecule is N[C@@H](Cc1ccccc1)[C@H](O)CNCc1ccc([N+](=O)[O-])cc1. The van der Waals surface area contributed by atoms with E-state index in [9.17, 15) is 15.2 Å². The third-order valence-electron chi connectivity index (χ3n) is 3.64. The first-order valence-corrected chi connectivity index (χ1v) is 7.48. The van der Waals surface area contributed by atoms with Crippen LogP contribution in [-0.4, -0.2) is 28.7 Å². The minimum absolute atomic E-state index is 0.0682. The van der Waals surface area contributed by atoms with Crippen LogP contribution in [0.4, 0.5) is 5.69 Å². The van der Waals surface area contributed by atoms with Crippen LogP contribution in [0.15, 0.2) is 54.6 Å². The summed E-state index contributed by atoms with van der Waals surface area (Å²) in [6, 6.07) is 15.8. The van der Waals surface area contributed by atoms with Gasteiger partial charge >= 0.3 is 0 Å². The molecule has 0 radical (unpaired) electrons. The number of hydrogen-bond acceptors (Lipinski definition) is 5. The maximum Gasteiger partial charge on any atom is 0.269 e. The van der Waals surface area contributed by atoms with Gasteiger partial charge in [-0.05, 0) is 17.5 Å². The monoisotopic (exact) mass is 315 g/mol. The van der Waals surface area contributed by atoms with Crippen LogP contribution in [0.2, 0.25) is 0 Å². The fraction of sp³-hybridized carbons (Fsp3) is 0.294. The molecule has 23 heavy (non-hydrogen) atoms. The molecule has 0 unspecified atom stereocenters. The normalized spacial score (nSPS) is 13.5. The van der Waals surface area contributed by atoms with Crippen LogP contribution < -0.4 is 11.1 Å². The third-order valence-corrected chi connectivity index (χ3v) is 3.64. The van der Waals surface area contributed by atoms with Crippen molar-refractivity contribution in [2.45, 2.75) is 25.1 Å². The molecule has 2 aromatic rings. The molecule has 0 aliphatic heterocycles. The van der Waals surface area contributed by atoms with Gasteiger partial charge in [0.15, 0.2) is 0 Å². The van der Waals surface area contributed by atoms with Crippen LogP contribution in [0, 0.1) is 10.1 Å². The lowest BCUT2D eigenvalue weighted by atomic mass is 10.0. The quantitative estimate of drug-likeness (QED) is 0.507. The van der Waals surface area contributed by atoms with Crippen molar-refractivity contribution >= 4 is 5.69 Å². The van der Waals surface area contributed by atoms with Gasteiger partial charge in [-0.15, -0.1) is 0 Å². The Bertz CT molecular complexity index is 617. The Morgan fingerprint density at radius 2 is 1.74 bits per heavy atom. The van der Waals surface area contributed by atoms with E-state index in [1.807, 2.05) is 30.3 Å². The van der Waals surface area contributed by atoms with Gasteiger partial charge in [-0.1, -0.05) is 42.5 Å². The average molecular weight is 315 g/mol. The summed E-state index contributed by atoms with van der Waals surface area (Å²) in [5, 5.41) is 23.8. The van der Waals surface area contributed by atoms with E-state index in [0.29, 0.717) is 19.5 Å². The Morgan fingerprint density at radius 3 is 2.35 bits per heavy atom. The molecule has 0 aromatic heterocycles. The third kappa shape index (κ3) is 5.45. The number of nitro groups is 1. The van der Waals surface area contributed by atoms with Gasteiger partial charge in [0.05, 0.1) is 11.0 Å². The van der Waals surface area contributed by atoms with E-state index < -0.39 is 11.0 Å². The zero-order valence-corrected chi connectivity index (χ0v) is 12.8. The highest BCUT2D eigenvalue weighted by atomic mass is 16.6. The Kier molecular flexibility index (Phi) is 6.22. The number of nitrogens with two attached hydrogens (primary N) is 1. The van der Waals surface area contributed by atoms with Crippen molar-refractivity contribution in [2.75, 3.05) is 6.54 Å². The smallest absolute Gasteiger partial charge is 0.269 e. The van der Waals surface area contributed by atoms with E-state index in [1.54, 1.807) is 12.1 Å². The van der Waals surface area contributed by atoms with Gasteiger partial charge in [-0.25, -0.2) is 0 Å². The van der Waals surface area contributed by atoms with E-state index in [4.69, 9.17) is 5.73 Å². The van der Waals surface area contributed by atoms with Crippen molar-refractivity contribution in [3.8, 4) is 0 Å². The number of nitrogens with one attached hydrogen (secondary N) is 1. The summed E-state index contributed by atoms with van der Waals surface area (Å²) < 4.78 is 0. The highest BCUT2D eigenvalue weighted by Gasteiger charge is 2.14. The van der Waals surface area contributed by atoms with Gasteiger partial charge < -0.3 is 16.2 Å². The molecule has 2 atom stereocenters. The van der Waals surface area contributed by atoms with Gasteiger partial charge in [0.2, 0.25) is 0 Å². The maximum atomic E-state index is 10.6. The van der Waals surface area contributed by atoms with Crippen molar-refractivity contribution in [2.24, 2.45) is 5.73 Å². The van der Waals surface area contributed by atoms with E-state index in [-0.39, 0.29) is 11.7 Å². The van der Waals surface area contributed by atoms with Crippen molar-refractivity contribution in [3.63, 3.8) is 0 Å². The Morgan fingerprint density at radius 1 is 1.09 bits per heavy atom. The lowest BCUT2D eigenvalue weighted by molar-refractivity contribution is -0.384. The van der Waals surface area contributed by atoms with E-state index >= 15 is 0 Å². The van der Waals surface area contributed by atoms with Gasteiger partial charge in [0, 0.05) is 31.3 Å². The molecule has 0 aliphatic carbocycles. The van der Waals surface area contributed by atoms with Crippen LogP contribution in [0.3, 0.4) is 0 Å². The number of benzene rings is 2. The number of aliphatic hydroxyl groups is 1. The molecule has 0 spiro atoms. The highest BCUT2D eigenvalue weighted by molar-refractivity contribution is 5.32. The molecular weight excluding hydrogens is 294 g/mol. The Balaban J connectivity index is 1.75. The minimum atomic E-state index is -0.659. The van der Waals surface area contributed by atoms with Crippen LogP contribution in [0.1, 0.15) is 11.1 Å². The number of rotatable bonds is 8. The topological polar surface area (TPSA) is 101 Å². The van der Waals surface area contributed by atoms with Gasteiger partial charge in [-0.2, -0.15) is 0 Å². The molecule has 0 aliphatic rings. The molecule has 6 nitrogen and oxygen atoms in total. The molecule has 0 saturated heterocycles. The first-order valence-electron chi connectivity index (χ1n) is 7.48. The number of non-ortho nitro benzene ring substituents is 1. The van der Waals surface area contributed by atoms with Crippen molar-refractivity contribution in [1.29, 1.82) is 0 Å². The summed E-state index contributed by atoms with van der Waals surface area (Å²) in [6.45, 7) is 0.887. The van der Waals surface area contributed by atoms with Gasteiger partial charge in [-0.3, -0.25) is 10.1 Å². The summed E-state index contributed by atoms with van der Waals surface area (Å²) in [7, 11) is 0. The molecule has 2 aromatic carbocycles. The summed E-state index contributed by atoms with van der Waals surface area (Å²) in [5.41, 5.74) is 8.09. The van der Waals surface area contributed by atoms with E-state index in [0.717, 1.165) is 11.1 Å². The lowest BCUT2D eigenvalue weighted by Crippen LogP contribution is -2.42. The first kappa shape index (κ1) is 17.1. The van der Waals surface area contributed by atoms with Crippen LogP contribution >= 0.6 is 0 Å². The van der Waals surface area contributed by atoms with Crippen molar-refractivity contribution in [3.05, 3.63) is 75.8 Å².